The van der Waals surface area contributed by atoms with Crippen LogP contribution in [0.25, 0.3) is 10.9 Å². The first-order chi connectivity index (χ1) is 6.72. The maximum atomic E-state index is 11.7. The second kappa shape index (κ2) is 6.06. The van der Waals surface area contributed by atoms with Gasteiger partial charge in [0.05, 0.1) is 23.9 Å². The molecule has 2 rings (SSSR count). The van der Waals surface area contributed by atoms with Gasteiger partial charge in [0.2, 0.25) is 0 Å². The van der Waals surface area contributed by atoms with Crippen LogP contribution in [0, 0.1) is 0 Å². The van der Waals surface area contributed by atoms with Crippen molar-refractivity contribution in [1.29, 1.82) is 0 Å². The number of benzene rings is 1. The minimum absolute atomic E-state index is 0. The van der Waals surface area contributed by atoms with E-state index in [4.69, 9.17) is 17.3 Å². The van der Waals surface area contributed by atoms with Crippen LogP contribution in [0.2, 0.25) is 5.02 Å². The highest BCUT2D eigenvalue weighted by molar-refractivity contribution is 6.31. The molecule has 0 aliphatic rings. The minimum Gasteiger partial charge on any atom is -0.313 e. The number of hydrogen-bond donors (Lipinski definition) is 1. The summed E-state index contributed by atoms with van der Waals surface area (Å²) < 4.78 is 1.33. The van der Waals surface area contributed by atoms with E-state index in [1.165, 1.54) is 10.9 Å². The first kappa shape index (κ1) is 15.2. The fourth-order valence-corrected chi connectivity index (χ4v) is 1.43. The Balaban J connectivity index is 0.00000112. The fraction of sp³-hybridized carbons (Fsp3) is 0.111. The number of rotatable bonds is 1. The molecule has 1 heterocycles. The maximum absolute atomic E-state index is 11.7. The molecule has 7 heteroatoms. The zero-order chi connectivity index (χ0) is 10.1. The van der Waals surface area contributed by atoms with E-state index in [1.807, 2.05) is 0 Å². The molecule has 1 aromatic heterocycles. The Kier molecular flexibility index (Phi) is 5.75. The summed E-state index contributed by atoms with van der Waals surface area (Å²) >= 11 is 5.78. The maximum Gasteiger partial charge on any atom is 0.262 e. The molecule has 88 valence electrons. The van der Waals surface area contributed by atoms with Crippen LogP contribution in [0.5, 0.6) is 0 Å². The van der Waals surface area contributed by atoms with Gasteiger partial charge < -0.3 is 5.73 Å². The minimum atomic E-state index is -0.167. The monoisotopic (exact) mass is 281 g/mol. The molecule has 0 aliphatic carbocycles. The van der Waals surface area contributed by atoms with E-state index in [1.54, 1.807) is 18.2 Å². The highest BCUT2D eigenvalue weighted by Crippen LogP contribution is 2.13. The zero-order valence-corrected chi connectivity index (χ0v) is 10.5. The third-order valence-electron chi connectivity index (χ3n) is 1.98. The zero-order valence-electron chi connectivity index (χ0n) is 8.09. The van der Waals surface area contributed by atoms with Crippen LogP contribution in [0.15, 0.2) is 29.3 Å². The summed E-state index contributed by atoms with van der Waals surface area (Å²) in [5.74, 6) is 0. The lowest BCUT2D eigenvalue weighted by Gasteiger charge is -2.02. The second-order valence-corrected chi connectivity index (χ2v) is 3.30. The van der Waals surface area contributed by atoms with Crippen LogP contribution < -0.4 is 11.3 Å². The summed E-state index contributed by atoms with van der Waals surface area (Å²) in [6, 6.07) is 5.00. The predicted octanol–water partition coefficient (Wildman–Crippen LogP) is 1.81. The number of aromatic nitrogens is 2. The molecule has 2 N–H and O–H groups in total. The third kappa shape index (κ3) is 2.65. The molecule has 16 heavy (non-hydrogen) atoms. The van der Waals surface area contributed by atoms with Crippen LogP contribution in [0.3, 0.4) is 0 Å². The van der Waals surface area contributed by atoms with E-state index < -0.39 is 0 Å². The van der Waals surface area contributed by atoms with E-state index in [0.717, 1.165) is 0 Å². The molecule has 0 radical (unpaired) electrons. The Hall–Kier alpha value is -0.810. The van der Waals surface area contributed by atoms with Gasteiger partial charge in [-0.1, -0.05) is 11.6 Å². The molecule has 0 unspecified atom stereocenters. The van der Waals surface area contributed by atoms with Crippen molar-refractivity contribution in [3.63, 3.8) is 0 Å². The lowest BCUT2D eigenvalue weighted by Crippen LogP contribution is -2.24. The molecule has 2 aromatic rings. The average molecular weight is 283 g/mol. The molecule has 0 spiro atoms. The van der Waals surface area contributed by atoms with E-state index in [0.29, 0.717) is 15.9 Å². The fourth-order valence-electron chi connectivity index (χ4n) is 1.26. The van der Waals surface area contributed by atoms with Gasteiger partial charge in [0.25, 0.3) is 5.56 Å². The van der Waals surface area contributed by atoms with Crippen molar-refractivity contribution < 1.29 is 0 Å². The van der Waals surface area contributed by atoms with Gasteiger partial charge in [-0.05, 0) is 18.2 Å². The van der Waals surface area contributed by atoms with Crippen molar-refractivity contribution >= 4 is 47.3 Å². The number of nitrogens with two attached hydrogens (primary N) is 1. The van der Waals surface area contributed by atoms with Crippen molar-refractivity contribution in [3.8, 4) is 0 Å². The summed E-state index contributed by atoms with van der Waals surface area (Å²) in [6.45, 7) is 0.119. The standard InChI is InChI=1S/C9H8ClN3O.2ClH/c10-6-1-2-8-7(3-6)9(14)13(4-11)5-12-8;;/h1-3,5H,4,11H2;2*1H. The molecule has 0 bridgehead atoms. The van der Waals surface area contributed by atoms with Gasteiger partial charge in [-0.25, -0.2) is 4.98 Å². The van der Waals surface area contributed by atoms with Gasteiger partial charge in [-0.3, -0.25) is 9.36 Å². The Bertz CT molecular complexity index is 541. The molecule has 0 fully saturated rings. The highest BCUT2D eigenvalue weighted by atomic mass is 35.5. The normalized spacial score (nSPS) is 9.38. The number of fused-ring (bicyclic) bond motifs is 1. The van der Waals surface area contributed by atoms with E-state index in [-0.39, 0.29) is 37.0 Å². The predicted molar refractivity (Wildman–Crippen MR) is 69.7 cm³/mol. The van der Waals surface area contributed by atoms with Crippen molar-refractivity contribution in [2.24, 2.45) is 5.73 Å². The van der Waals surface area contributed by atoms with Crippen molar-refractivity contribution in [3.05, 3.63) is 39.9 Å². The van der Waals surface area contributed by atoms with Crippen LogP contribution in [0.4, 0.5) is 0 Å². The van der Waals surface area contributed by atoms with Crippen LogP contribution >= 0.6 is 36.4 Å². The largest absolute Gasteiger partial charge is 0.313 e. The van der Waals surface area contributed by atoms with Gasteiger partial charge in [-0.15, -0.1) is 24.8 Å². The molecule has 0 atom stereocenters. The third-order valence-corrected chi connectivity index (χ3v) is 2.22. The van der Waals surface area contributed by atoms with Gasteiger partial charge in [-0.2, -0.15) is 0 Å². The first-order valence-corrected chi connectivity index (χ1v) is 4.45. The van der Waals surface area contributed by atoms with Crippen LogP contribution in [-0.4, -0.2) is 9.55 Å². The van der Waals surface area contributed by atoms with Crippen molar-refractivity contribution in [2.75, 3.05) is 0 Å². The molecule has 0 amide bonds. The van der Waals surface area contributed by atoms with Crippen LogP contribution in [-0.2, 0) is 6.67 Å². The molecule has 4 nitrogen and oxygen atoms in total. The Morgan fingerprint density at radius 2 is 2.06 bits per heavy atom. The molecular weight excluding hydrogens is 272 g/mol. The number of nitrogens with zero attached hydrogens (tertiary/aromatic N) is 2. The van der Waals surface area contributed by atoms with Gasteiger partial charge in [0, 0.05) is 5.02 Å². The van der Waals surface area contributed by atoms with E-state index >= 15 is 0 Å². The molecule has 0 saturated carbocycles. The summed E-state index contributed by atoms with van der Waals surface area (Å²) in [4.78, 5) is 15.8. The lowest BCUT2D eigenvalue weighted by molar-refractivity contribution is 0.692. The smallest absolute Gasteiger partial charge is 0.262 e. The average Bonchev–Trinajstić information content (AvgIpc) is 2.20. The summed E-state index contributed by atoms with van der Waals surface area (Å²) in [5, 5.41) is 1.01. The van der Waals surface area contributed by atoms with E-state index in [2.05, 4.69) is 4.98 Å². The van der Waals surface area contributed by atoms with Crippen molar-refractivity contribution in [2.45, 2.75) is 6.67 Å². The SMILES string of the molecule is Cl.Cl.NCn1cnc2ccc(Cl)cc2c1=O. The summed E-state index contributed by atoms with van der Waals surface area (Å²) in [5.41, 5.74) is 5.83. The molecule has 0 aliphatic heterocycles. The first-order valence-electron chi connectivity index (χ1n) is 4.07. The topological polar surface area (TPSA) is 60.9 Å². The molecule has 0 saturated heterocycles. The Morgan fingerprint density at radius 1 is 1.38 bits per heavy atom. The Morgan fingerprint density at radius 3 is 2.69 bits per heavy atom. The van der Waals surface area contributed by atoms with Gasteiger partial charge in [0.1, 0.15) is 0 Å². The van der Waals surface area contributed by atoms with Gasteiger partial charge in [0.15, 0.2) is 0 Å². The molecular formula is C9H10Cl3N3O. The second-order valence-electron chi connectivity index (χ2n) is 2.86. The lowest BCUT2D eigenvalue weighted by atomic mass is 10.2. The summed E-state index contributed by atoms with van der Waals surface area (Å²) in [6.07, 6.45) is 1.43. The van der Waals surface area contributed by atoms with Gasteiger partial charge >= 0.3 is 0 Å². The number of halogens is 3. The highest BCUT2D eigenvalue weighted by Gasteiger charge is 2.02. The van der Waals surface area contributed by atoms with Crippen molar-refractivity contribution in [1.82, 2.24) is 9.55 Å². The summed E-state index contributed by atoms with van der Waals surface area (Å²) in [7, 11) is 0. The molecule has 1 aromatic carbocycles. The Labute approximate surface area is 109 Å². The van der Waals surface area contributed by atoms with E-state index in [9.17, 15) is 4.79 Å². The number of hydrogen-bond acceptors (Lipinski definition) is 3. The quantitative estimate of drug-likeness (QED) is 0.868. The van der Waals surface area contributed by atoms with Crippen LogP contribution in [0.1, 0.15) is 0 Å².